The Bertz CT molecular complexity index is 444. The van der Waals surface area contributed by atoms with Gasteiger partial charge in [0.15, 0.2) is 11.6 Å². The molecule has 1 aromatic rings. The van der Waals surface area contributed by atoms with Crippen LogP contribution in [-0.2, 0) is 11.2 Å². The Kier molecular flexibility index (Phi) is 5.42. The Labute approximate surface area is 117 Å². The van der Waals surface area contributed by atoms with Crippen molar-refractivity contribution in [3.05, 3.63) is 35.4 Å². The average Bonchev–Trinajstić information content (AvgIpc) is 2.49. The minimum atomic E-state index is -0.835. The second-order valence-electron chi connectivity index (χ2n) is 4.99. The Hall–Kier alpha value is -1.08. The summed E-state index contributed by atoms with van der Waals surface area (Å²) in [5.74, 6) is 3.92. The van der Waals surface area contributed by atoms with Gasteiger partial charge in [0.1, 0.15) is 0 Å². The van der Waals surface area contributed by atoms with Crippen LogP contribution in [0.4, 0.5) is 8.78 Å². The fraction of sp³-hybridized carbons (Fsp3) is 0.571. The molecule has 3 N–H and O–H groups in total. The average molecular weight is 285 g/mol. The summed E-state index contributed by atoms with van der Waals surface area (Å²) in [4.78, 5) is 2.25. The highest BCUT2D eigenvalue weighted by molar-refractivity contribution is 5.20. The number of hydrazine groups is 1. The molecule has 0 aliphatic carbocycles. The van der Waals surface area contributed by atoms with Gasteiger partial charge in [0.25, 0.3) is 0 Å². The van der Waals surface area contributed by atoms with Gasteiger partial charge in [-0.3, -0.25) is 16.2 Å². The van der Waals surface area contributed by atoms with Crippen molar-refractivity contribution < 1.29 is 13.5 Å². The molecule has 1 aromatic carbocycles. The Morgan fingerprint density at radius 1 is 1.50 bits per heavy atom. The standard InChI is InChI=1S/C14H21F2N3O/c1-2-19-6-7-20-13(9-19)12(18-17)8-10-4-3-5-11(15)14(10)16/h3-5,12-13,18H,2,6-9,17H2,1H3. The molecule has 20 heavy (non-hydrogen) atoms. The van der Waals surface area contributed by atoms with E-state index in [0.717, 1.165) is 25.7 Å². The largest absolute Gasteiger partial charge is 0.374 e. The highest BCUT2D eigenvalue weighted by Gasteiger charge is 2.28. The van der Waals surface area contributed by atoms with Gasteiger partial charge in [-0.15, -0.1) is 0 Å². The molecule has 0 radical (unpaired) electrons. The monoisotopic (exact) mass is 285 g/mol. The van der Waals surface area contributed by atoms with Gasteiger partial charge in [-0.1, -0.05) is 19.1 Å². The number of nitrogens with zero attached hydrogens (tertiary/aromatic N) is 1. The van der Waals surface area contributed by atoms with Crippen LogP contribution in [0.5, 0.6) is 0 Å². The van der Waals surface area contributed by atoms with Gasteiger partial charge in [-0.25, -0.2) is 8.78 Å². The molecule has 1 heterocycles. The zero-order chi connectivity index (χ0) is 14.5. The van der Waals surface area contributed by atoms with Gasteiger partial charge >= 0.3 is 0 Å². The zero-order valence-corrected chi connectivity index (χ0v) is 11.6. The van der Waals surface area contributed by atoms with E-state index in [4.69, 9.17) is 10.6 Å². The zero-order valence-electron chi connectivity index (χ0n) is 11.6. The third-order valence-electron chi connectivity index (χ3n) is 3.76. The van der Waals surface area contributed by atoms with Crippen LogP contribution in [0.3, 0.4) is 0 Å². The summed E-state index contributed by atoms with van der Waals surface area (Å²) in [6.07, 6.45) is 0.166. The molecule has 1 aliphatic rings. The first-order chi connectivity index (χ1) is 9.65. The Morgan fingerprint density at radius 3 is 3.00 bits per heavy atom. The molecular weight excluding hydrogens is 264 g/mol. The van der Waals surface area contributed by atoms with Crippen molar-refractivity contribution in [3.8, 4) is 0 Å². The molecule has 2 atom stereocenters. The summed E-state index contributed by atoms with van der Waals surface area (Å²) in [6.45, 7) is 5.27. The summed E-state index contributed by atoms with van der Waals surface area (Å²) in [5, 5.41) is 0. The van der Waals surface area contributed by atoms with Crippen LogP contribution in [0.15, 0.2) is 18.2 Å². The van der Waals surface area contributed by atoms with Crippen molar-refractivity contribution >= 4 is 0 Å². The first kappa shape index (κ1) is 15.3. The molecule has 0 amide bonds. The molecular formula is C14H21F2N3O. The van der Waals surface area contributed by atoms with Crippen LogP contribution >= 0.6 is 0 Å². The van der Waals surface area contributed by atoms with Gasteiger partial charge in [-0.05, 0) is 24.6 Å². The number of likely N-dealkylation sites (N-methyl/N-ethyl adjacent to an activating group) is 1. The Morgan fingerprint density at radius 2 is 2.30 bits per heavy atom. The number of hydrogen-bond donors (Lipinski definition) is 2. The number of benzene rings is 1. The molecule has 0 spiro atoms. The maximum atomic E-state index is 13.7. The van der Waals surface area contributed by atoms with Crippen molar-refractivity contribution in [1.29, 1.82) is 0 Å². The van der Waals surface area contributed by atoms with Crippen LogP contribution in [0.2, 0.25) is 0 Å². The van der Waals surface area contributed by atoms with E-state index in [1.54, 1.807) is 6.07 Å². The lowest BCUT2D eigenvalue weighted by atomic mass is 10.00. The predicted molar refractivity (Wildman–Crippen MR) is 73.0 cm³/mol. The van der Waals surface area contributed by atoms with E-state index in [-0.39, 0.29) is 12.1 Å². The summed E-state index contributed by atoms with van der Waals surface area (Å²) >= 11 is 0. The first-order valence-corrected chi connectivity index (χ1v) is 6.88. The second kappa shape index (κ2) is 7.08. The first-order valence-electron chi connectivity index (χ1n) is 6.88. The molecule has 1 aliphatic heterocycles. The summed E-state index contributed by atoms with van der Waals surface area (Å²) in [5.41, 5.74) is 2.98. The van der Waals surface area contributed by atoms with E-state index in [1.807, 2.05) is 0 Å². The molecule has 1 saturated heterocycles. The number of halogens is 2. The summed E-state index contributed by atoms with van der Waals surface area (Å²) in [7, 11) is 0. The highest BCUT2D eigenvalue weighted by Crippen LogP contribution is 2.17. The lowest BCUT2D eigenvalue weighted by Crippen LogP contribution is -2.54. The van der Waals surface area contributed by atoms with E-state index in [9.17, 15) is 8.78 Å². The SMILES string of the molecule is CCN1CCOC(C(Cc2cccc(F)c2F)NN)C1. The maximum absolute atomic E-state index is 13.7. The third kappa shape index (κ3) is 3.52. The molecule has 6 heteroatoms. The fourth-order valence-electron chi connectivity index (χ4n) is 2.50. The van der Waals surface area contributed by atoms with Crippen LogP contribution < -0.4 is 11.3 Å². The van der Waals surface area contributed by atoms with Crippen molar-refractivity contribution in [1.82, 2.24) is 10.3 Å². The van der Waals surface area contributed by atoms with Crippen LogP contribution in [0, 0.1) is 11.6 Å². The number of nitrogens with one attached hydrogen (secondary N) is 1. The topological polar surface area (TPSA) is 50.5 Å². The van der Waals surface area contributed by atoms with Crippen molar-refractivity contribution in [2.75, 3.05) is 26.2 Å². The van der Waals surface area contributed by atoms with Gasteiger partial charge in [0.05, 0.1) is 18.8 Å². The van der Waals surface area contributed by atoms with E-state index in [1.165, 1.54) is 6.07 Å². The minimum Gasteiger partial charge on any atom is -0.374 e. The van der Waals surface area contributed by atoms with E-state index < -0.39 is 11.6 Å². The number of morpholine rings is 1. The molecule has 112 valence electrons. The lowest BCUT2D eigenvalue weighted by Gasteiger charge is -2.36. The molecule has 2 rings (SSSR count). The van der Waals surface area contributed by atoms with Gasteiger partial charge in [-0.2, -0.15) is 0 Å². The summed E-state index contributed by atoms with van der Waals surface area (Å²) in [6, 6.07) is 3.94. The van der Waals surface area contributed by atoms with Crippen molar-refractivity contribution in [3.63, 3.8) is 0 Å². The summed E-state index contributed by atoms with van der Waals surface area (Å²) < 4.78 is 32.6. The van der Waals surface area contributed by atoms with E-state index in [0.29, 0.717) is 18.6 Å². The number of nitrogens with two attached hydrogens (primary N) is 1. The normalized spacial score (nSPS) is 21.9. The van der Waals surface area contributed by atoms with Crippen molar-refractivity contribution in [2.45, 2.75) is 25.5 Å². The van der Waals surface area contributed by atoms with Crippen molar-refractivity contribution in [2.24, 2.45) is 5.84 Å². The Balaban J connectivity index is 2.06. The van der Waals surface area contributed by atoms with Gasteiger partial charge in [0, 0.05) is 13.1 Å². The third-order valence-corrected chi connectivity index (χ3v) is 3.76. The second-order valence-corrected chi connectivity index (χ2v) is 4.99. The highest BCUT2D eigenvalue weighted by atomic mass is 19.2. The molecule has 2 unspecified atom stereocenters. The van der Waals surface area contributed by atoms with E-state index in [2.05, 4.69) is 17.2 Å². The molecule has 1 fully saturated rings. The minimum absolute atomic E-state index is 0.128. The lowest BCUT2D eigenvalue weighted by molar-refractivity contribution is -0.0449. The number of ether oxygens (including phenoxy) is 1. The molecule has 0 saturated carbocycles. The fourth-order valence-corrected chi connectivity index (χ4v) is 2.50. The van der Waals surface area contributed by atoms with E-state index >= 15 is 0 Å². The van der Waals surface area contributed by atoms with Crippen LogP contribution in [0.25, 0.3) is 0 Å². The van der Waals surface area contributed by atoms with Crippen LogP contribution in [-0.4, -0.2) is 43.3 Å². The maximum Gasteiger partial charge on any atom is 0.162 e. The molecule has 0 bridgehead atoms. The number of rotatable bonds is 5. The molecule has 4 nitrogen and oxygen atoms in total. The van der Waals surface area contributed by atoms with Gasteiger partial charge in [0.2, 0.25) is 0 Å². The smallest absolute Gasteiger partial charge is 0.162 e. The predicted octanol–water partition coefficient (Wildman–Crippen LogP) is 1.06. The number of hydrogen-bond acceptors (Lipinski definition) is 4. The van der Waals surface area contributed by atoms with Gasteiger partial charge < -0.3 is 4.74 Å². The van der Waals surface area contributed by atoms with Crippen LogP contribution in [0.1, 0.15) is 12.5 Å². The quantitative estimate of drug-likeness (QED) is 0.627. The molecule has 0 aromatic heterocycles.